The fourth-order valence-corrected chi connectivity index (χ4v) is 2.94. The molecule has 1 amide bonds. The summed E-state index contributed by atoms with van der Waals surface area (Å²) in [5.41, 5.74) is 1.75. The van der Waals surface area contributed by atoms with Gasteiger partial charge in [-0.05, 0) is 46.7 Å². The summed E-state index contributed by atoms with van der Waals surface area (Å²) < 4.78 is 7.39. The fraction of sp³-hybridized carbons (Fsp3) is 0.286. The van der Waals surface area contributed by atoms with Gasteiger partial charge in [0.1, 0.15) is 18.6 Å². The molecule has 0 fully saturated rings. The van der Waals surface area contributed by atoms with Crippen molar-refractivity contribution in [3.8, 4) is 5.75 Å². The highest BCUT2D eigenvalue weighted by Crippen LogP contribution is 2.20. The van der Waals surface area contributed by atoms with Crippen molar-refractivity contribution >= 4 is 11.7 Å². The van der Waals surface area contributed by atoms with Gasteiger partial charge in [-0.2, -0.15) is 0 Å². The van der Waals surface area contributed by atoms with Crippen molar-refractivity contribution in [3.05, 3.63) is 82.1 Å². The van der Waals surface area contributed by atoms with Crippen LogP contribution in [0, 0.1) is 17.0 Å². The third kappa shape index (κ3) is 5.63. The average molecular weight is 409 g/mol. The van der Waals surface area contributed by atoms with Gasteiger partial charge in [0.15, 0.2) is 0 Å². The molecule has 1 atom stereocenters. The van der Waals surface area contributed by atoms with E-state index in [-0.39, 0.29) is 24.2 Å². The van der Waals surface area contributed by atoms with Gasteiger partial charge in [0.2, 0.25) is 11.7 Å². The number of benzene rings is 1. The van der Waals surface area contributed by atoms with Crippen molar-refractivity contribution in [3.63, 3.8) is 0 Å². The van der Waals surface area contributed by atoms with Crippen molar-refractivity contribution in [1.82, 2.24) is 19.9 Å². The minimum Gasteiger partial charge on any atom is -0.487 e. The molecule has 0 spiro atoms. The number of carbonyl (C=O) groups excluding carboxylic acids is 1. The maximum Gasteiger partial charge on any atom is 0.381 e. The molecule has 9 nitrogen and oxygen atoms in total. The van der Waals surface area contributed by atoms with Gasteiger partial charge in [0.25, 0.3) is 0 Å². The van der Waals surface area contributed by atoms with Gasteiger partial charge < -0.3 is 24.7 Å². The summed E-state index contributed by atoms with van der Waals surface area (Å²) in [5, 5.41) is 13.7. The van der Waals surface area contributed by atoms with Gasteiger partial charge in [-0.25, -0.2) is 0 Å². The third-order valence-electron chi connectivity index (χ3n) is 4.58. The molecular formula is C21H23N5O4. The molecule has 30 heavy (non-hydrogen) atoms. The average Bonchev–Trinajstić information content (AvgIpc) is 3.12. The number of carbonyl (C=O) groups is 1. The summed E-state index contributed by atoms with van der Waals surface area (Å²) in [5.74, 6) is 0.822. The zero-order valence-corrected chi connectivity index (χ0v) is 16.8. The molecule has 3 aromatic rings. The molecule has 0 saturated carbocycles. The van der Waals surface area contributed by atoms with Crippen molar-refractivity contribution in [2.24, 2.45) is 0 Å². The molecule has 1 unspecified atom stereocenters. The van der Waals surface area contributed by atoms with Gasteiger partial charge in [-0.3, -0.25) is 9.78 Å². The van der Waals surface area contributed by atoms with Crippen molar-refractivity contribution in [1.29, 1.82) is 0 Å². The van der Waals surface area contributed by atoms with Crippen LogP contribution < -0.4 is 10.1 Å². The number of amides is 1. The molecule has 0 radical (unpaired) electrons. The van der Waals surface area contributed by atoms with Gasteiger partial charge in [-0.15, -0.1) is 0 Å². The molecule has 0 aliphatic carbocycles. The lowest BCUT2D eigenvalue weighted by Gasteiger charge is -2.16. The lowest BCUT2D eigenvalue weighted by molar-refractivity contribution is -0.389. The number of aryl methyl sites for hydroxylation is 2. The molecule has 156 valence electrons. The number of nitro groups is 1. The van der Waals surface area contributed by atoms with Gasteiger partial charge >= 0.3 is 5.82 Å². The van der Waals surface area contributed by atoms with E-state index in [1.807, 2.05) is 49.4 Å². The quantitative estimate of drug-likeness (QED) is 0.428. The molecule has 0 aliphatic heterocycles. The summed E-state index contributed by atoms with van der Waals surface area (Å²) >= 11 is 0. The van der Waals surface area contributed by atoms with Crippen LogP contribution in [0.4, 0.5) is 5.82 Å². The van der Waals surface area contributed by atoms with E-state index < -0.39 is 4.92 Å². The van der Waals surface area contributed by atoms with Crippen LogP contribution in [-0.2, 0) is 17.9 Å². The highest BCUT2D eigenvalue weighted by molar-refractivity contribution is 5.76. The van der Waals surface area contributed by atoms with E-state index in [0.29, 0.717) is 24.7 Å². The molecule has 2 heterocycles. The first-order valence-corrected chi connectivity index (χ1v) is 9.52. The number of nitrogens with one attached hydrogen (secondary N) is 1. The van der Waals surface area contributed by atoms with Crippen LogP contribution >= 0.6 is 0 Å². The van der Waals surface area contributed by atoms with E-state index in [9.17, 15) is 14.9 Å². The molecule has 1 N–H and O–H groups in total. The number of nitrogens with zero attached hydrogens (tertiary/aromatic N) is 4. The van der Waals surface area contributed by atoms with Gasteiger partial charge in [0, 0.05) is 26.1 Å². The second-order valence-corrected chi connectivity index (χ2v) is 6.82. The summed E-state index contributed by atoms with van der Waals surface area (Å²) in [4.78, 5) is 30.7. The zero-order valence-electron chi connectivity index (χ0n) is 16.8. The number of ether oxygens (including phenoxy) is 1. The molecular weight excluding hydrogens is 386 g/mol. The van der Waals surface area contributed by atoms with Crippen molar-refractivity contribution < 1.29 is 14.5 Å². The molecule has 0 bridgehead atoms. The van der Waals surface area contributed by atoms with E-state index in [1.165, 1.54) is 6.20 Å². The van der Waals surface area contributed by atoms with Crippen LogP contribution in [0.5, 0.6) is 5.75 Å². The lowest BCUT2D eigenvalue weighted by Crippen LogP contribution is -2.27. The molecule has 2 aromatic heterocycles. The Morgan fingerprint density at radius 3 is 2.83 bits per heavy atom. The number of hydrogen-bond donors (Lipinski definition) is 1. The predicted molar refractivity (Wildman–Crippen MR) is 110 cm³/mol. The van der Waals surface area contributed by atoms with E-state index in [2.05, 4.69) is 15.3 Å². The predicted octanol–water partition coefficient (Wildman–Crippen LogP) is 3.34. The van der Waals surface area contributed by atoms with E-state index >= 15 is 0 Å². The normalized spacial score (nSPS) is 11.7. The molecule has 0 saturated heterocycles. The number of rotatable bonds is 9. The van der Waals surface area contributed by atoms with Crippen LogP contribution in [0.1, 0.15) is 36.5 Å². The smallest absolute Gasteiger partial charge is 0.381 e. The first kappa shape index (κ1) is 21.0. The highest BCUT2D eigenvalue weighted by Gasteiger charge is 2.16. The van der Waals surface area contributed by atoms with E-state index in [0.717, 1.165) is 11.3 Å². The molecule has 0 aliphatic rings. The van der Waals surface area contributed by atoms with Crippen LogP contribution in [0.15, 0.2) is 54.9 Å². The number of aromatic nitrogens is 3. The van der Waals surface area contributed by atoms with E-state index in [1.54, 1.807) is 17.7 Å². The minimum absolute atomic E-state index is 0.155. The molecule has 1 aromatic carbocycles. The fourth-order valence-electron chi connectivity index (χ4n) is 2.94. The monoisotopic (exact) mass is 409 g/mol. The maximum absolute atomic E-state index is 12.3. The standard InChI is InChI=1S/C21H23N5O4/c1-15(23-21(27)9-11-25-13-20(26(28)29)24-16(25)2)17-6-5-8-19(12-17)30-14-18-7-3-4-10-22-18/h3-8,10,12-13,15H,9,11,14H2,1-2H3,(H,23,27). The van der Waals surface area contributed by atoms with Crippen LogP contribution in [0.25, 0.3) is 0 Å². The Morgan fingerprint density at radius 1 is 1.30 bits per heavy atom. The summed E-state index contributed by atoms with van der Waals surface area (Å²) in [7, 11) is 0. The third-order valence-corrected chi connectivity index (χ3v) is 4.58. The zero-order chi connectivity index (χ0) is 21.5. The van der Waals surface area contributed by atoms with Crippen molar-refractivity contribution in [2.75, 3.05) is 0 Å². The first-order chi connectivity index (χ1) is 14.4. The Labute approximate surface area is 173 Å². The molecule has 9 heteroatoms. The Bertz CT molecular complexity index is 1020. The number of imidazole rings is 1. The highest BCUT2D eigenvalue weighted by atomic mass is 16.6. The second kappa shape index (κ2) is 9.64. The summed E-state index contributed by atoms with van der Waals surface area (Å²) in [6, 6.07) is 13.0. The number of pyridine rings is 1. The van der Waals surface area contributed by atoms with Crippen LogP contribution in [0.3, 0.4) is 0 Å². The van der Waals surface area contributed by atoms with Crippen LogP contribution in [-0.4, -0.2) is 25.4 Å². The Hall–Kier alpha value is -3.75. The SMILES string of the molecule is Cc1nc([N+](=O)[O-])cn1CCC(=O)NC(C)c1cccc(OCc2ccccn2)c1. The van der Waals surface area contributed by atoms with E-state index in [4.69, 9.17) is 4.74 Å². The summed E-state index contributed by atoms with van der Waals surface area (Å²) in [6.07, 6.45) is 3.25. The van der Waals surface area contributed by atoms with Gasteiger partial charge in [0.05, 0.1) is 11.7 Å². The Balaban J connectivity index is 1.53. The number of hydrogen-bond acceptors (Lipinski definition) is 6. The maximum atomic E-state index is 12.3. The van der Waals surface area contributed by atoms with Crippen molar-refractivity contribution in [2.45, 2.75) is 39.5 Å². The van der Waals surface area contributed by atoms with Gasteiger partial charge in [-0.1, -0.05) is 18.2 Å². The summed E-state index contributed by atoms with van der Waals surface area (Å²) in [6.45, 7) is 4.24. The largest absolute Gasteiger partial charge is 0.487 e. The van der Waals surface area contributed by atoms with Crippen LogP contribution in [0.2, 0.25) is 0 Å². The molecule has 3 rings (SSSR count). The first-order valence-electron chi connectivity index (χ1n) is 9.52. The second-order valence-electron chi connectivity index (χ2n) is 6.82. The lowest BCUT2D eigenvalue weighted by atomic mass is 10.1. The minimum atomic E-state index is -0.547. The Kier molecular flexibility index (Phi) is 6.74. The Morgan fingerprint density at radius 2 is 2.13 bits per heavy atom. The topological polar surface area (TPSA) is 112 Å².